The summed E-state index contributed by atoms with van der Waals surface area (Å²) in [5, 5.41) is 3.49. The maximum atomic E-state index is 6.43. The van der Waals surface area contributed by atoms with Crippen LogP contribution in [-0.2, 0) is 0 Å². The molecule has 0 saturated heterocycles. The predicted octanol–water partition coefficient (Wildman–Crippen LogP) is 12.0. The number of fused-ring (bicyclic) bond motifs is 7. The van der Waals surface area contributed by atoms with E-state index in [0.717, 1.165) is 33.5 Å². The van der Waals surface area contributed by atoms with Crippen LogP contribution in [0.4, 0.5) is 0 Å². The lowest BCUT2D eigenvalue weighted by Gasteiger charge is -2.19. The third-order valence-corrected chi connectivity index (χ3v) is 9.54. The van der Waals surface area contributed by atoms with E-state index in [1.165, 1.54) is 55.2 Å². The lowest BCUT2D eigenvalue weighted by molar-refractivity contribution is 0.603. The SMILES string of the molecule is C=Cc1c(/C=C\C)oc2cc3c(cc12)c1ccccc1n3-c1cc(-c2ccccc2)cc(C2c3ccccc3-c3ccccc32)c1. The molecule has 9 rings (SSSR count). The number of furan rings is 1. The Morgan fingerprint density at radius 2 is 1.33 bits per heavy atom. The minimum Gasteiger partial charge on any atom is -0.456 e. The average molecular weight is 590 g/mol. The lowest BCUT2D eigenvalue weighted by Crippen LogP contribution is -2.03. The van der Waals surface area contributed by atoms with Crippen molar-refractivity contribution in [2.45, 2.75) is 12.8 Å². The molecular weight excluding hydrogens is 558 g/mol. The van der Waals surface area contributed by atoms with Gasteiger partial charge in [0, 0.05) is 39.4 Å². The van der Waals surface area contributed by atoms with Crippen LogP contribution in [0.25, 0.3) is 72.9 Å². The van der Waals surface area contributed by atoms with Gasteiger partial charge in [0.25, 0.3) is 0 Å². The Morgan fingerprint density at radius 1 is 0.630 bits per heavy atom. The van der Waals surface area contributed by atoms with Crippen molar-refractivity contribution in [2.75, 3.05) is 0 Å². The maximum absolute atomic E-state index is 6.43. The van der Waals surface area contributed by atoms with E-state index in [4.69, 9.17) is 4.42 Å². The summed E-state index contributed by atoms with van der Waals surface area (Å²) in [5.74, 6) is 0.973. The molecule has 2 aromatic heterocycles. The van der Waals surface area contributed by atoms with E-state index in [1.54, 1.807) is 0 Å². The number of para-hydroxylation sites is 1. The Balaban J connectivity index is 1.36. The van der Waals surface area contributed by atoms with Gasteiger partial charge >= 0.3 is 0 Å². The van der Waals surface area contributed by atoms with Crippen LogP contribution in [0.15, 0.2) is 151 Å². The van der Waals surface area contributed by atoms with Crippen LogP contribution in [0.1, 0.15) is 40.9 Å². The van der Waals surface area contributed by atoms with E-state index >= 15 is 0 Å². The van der Waals surface area contributed by atoms with E-state index < -0.39 is 0 Å². The Bertz CT molecular complexity index is 2460. The Morgan fingerprint density at radius 3 is 2.07 bits per heavy atom. The molecular formula is C44H31NO. The molecule has 2 heterocycles. The van der Waals surface area contributed by atoms with Crippen LogP contribution in [-0.4, -0.2) is 4.57 Å². The van der Waals surface area contributed by atoms with E-state index in [-0.39, 0.29) is 5.92 Å². The number of allylic oxidation sites excluding steroid dienone is 1. The van der Waals surface area contributed by atoms with Crippen LogP contribution in [0.3, 0.4) is 0 Å². The fourth-order valence-electron chi connectivity index (χ4n) is 7.60. The van der Waals surface area contributed by atoms with Crippen molar-refractivity contribution in [3.05, 3.63) is 174 Å². The molecule has 0 aliphatic heterocycles. The fourth-order valence-corrected chi connectivity index (χ4v) is 7.60. The highest BCUT2D eigenvalue weighted by Crippen LogP contribution is 2.49. The van der Waals surface area contributed by atoms with Gasteiger partial charge in [0.1, 0.15) is 11.3 Å². The second kappa shape index (κ2) is 10.4. The van der Waals surface area contributed by atoms with E-state index in [1.807, 2.05) is 25.2 Å². The number of rotatable bonds is 5. The first kappa shape index (κ1) is 26.5. The molecule has 2 nitrogen and oxygen atoms in total. The van der Waals surface area contributed by atoms with Crippen LogP contribution < -0.4 is 0 Å². The van der Waals surface area contributed by atoms with Crippen LogP contribution in [0.5, 0.6) is 0 Å². The van der Waals surface area contributed by atoms with Crippen LogP contribution >= 0.6 is 0 Å². The minimum atomic E-state index is 0.137. The second-order valence-electron chi connectivity index (χ2n) is 12.1. The van der Waals surface area contributed by atoms with Crippen molar-refractivity contribution >= 4 is 44.9 Å². The summed E-state index contributed by atoms with van der Waals surface area (Å²) in [4.78, 5) is 0. The largest absolute Gasteiger partial charge is 0.456 e. The third kappa shape index (κ3) is 3.90. The van der Waals surface area contributed by atoms with Crippen molar-refractivity contribution in [2.24, 2.45) is 0 Å². The van der Waals surface area contributed by atoms with Gasteiger partial charge in [-0.1, -0.05) is 122 Å². The van der Waals surface area contributed by atoms with Gasteiger partial charge in [-0.2, -0.15) is 0 Å². The van der Waals surface area contributed by atoms with E-state index in [0.29, 0.717) is 0 Å². The van der Waals surface area contributed by atoms with Gasteiger partial charge in [-0.15, -0.1) is 0 Å². The molecule has 0 unspecified atom stereocenters. The van der Waals surface area contributed by atoms with E-state index in [9.17, 15) is 0 Å². The van der Waals surface area contributed by atoms with Gasteiger partial charge in [-0.05, 0) is 76.2 Å². The van der Waals surface area contributed by atoms with Crippen molar-refractivity contribution < 1.29 is 4.42 Å². The molecule has 0 atom stereocenters. The zero-order chi connectivity index (χ0) is 30.8. The molecule has 0 amide bonds. The standard InChI is InChI=1S/C44H31NO/c1-3-14-42-32(4-2)39-26-38-35-19-12-13-22-40(35)45(41(38)27-43(39)46-42)31-24-29(28-15-6-5-7-16-28)23-30(25-31)44-36-20-10-8-17-33(36)34-18-9-11-21-37(34)44/h3-27,44H,2H2,1H3/b14-3-. The molecule has 0 radical (unpaired) electrons. The molecule has 0 spiro atoms. The van der Waals surface area contributed by atoms with Crippen molar-refractivity contribution in [3.8, 4) is 27.9 Å². The molecule has 2 heteroatoms. The molecule has 1 aliphatic rings. The number of aromatic nitrogens is 1. The molecule has 0 N–H and O–H groups in total. The van der Waals surface area contributed by atoms with Gasteiger partial charge in [-0.25, -0.2) is 0 Å². The van der Waals surface area contributed by atoms with Crippen molar-refractivity contribution in [3.63, 3.8) is 0 Å². The summed E-state index contributed by atoms with van der Waals surface area (Å²) in [7, 11) is 0. The first-order valence-corrected chi connectivity index (χ1v) is 15.9. The van der Waals surface area contributed by atoms with Gasteiger partial charge in [0.15, 0.2) is 0 Å². The topological polar surface area (TPSA) is 18.1 Å². The van der Waals surface area contributed by atoms with Gasteiger partial charge in [-0.3, -0.25) is 0 Å². The smallest absolute Gasteiger partial charge is 0.137 e. The minimum absolute atomic E-state index is 0.137. The fraction of sp³-hybridized carbons (Fsp3) is 0.0455. The summed E-state index contributed by atoms with van der Waals surface area (Å²) >= 11 is 0. The molecule has 0 saturated carbocycles. The Kier molecular flexibility index (Phi) is 5.97. The number of hydrogen-bond acceptors (Lipinski definition) is 1. The van der Waals surface area contributed by atoms with Crippen LogP contribution in [0.2, 0.25) is 0 Å². The van der Waals surface area contributed by atoms with Gasteiger partial charge in [0.2, 0.25) is 0 Å². The zero-order valence-electron chi connectivity index (χ0n) is 25.6. The first-order valence-electron chi connectivity index (χ1n) is 15.9. The second-order valence-corrected chi connectivity index (χ2v) is 12.1. The number of hydrogen-bond donors (Lipinski definition) is 0. The monoisotopic (exact) mass is 589 g/mol. The summed E-state index contributed by atoms with van der Waals surface area (Å²) in [5.41, 5.74) is 14.3. The number of nitrogens with zero attached hydrogens (tertiary/aromatic N) is 1. The molecule has 8 aromatic rings. The Labute approximate surface area is 268 Å². The average Bonchev–Trinajstić information content (AvgIpc) is 3.74. The van der Waals surface area contributed by atoms with Gasteiger partial charge in [0.05, 0.1) is 11.0 Å². The third-order valence-electron chi connectivity index (χ3n) is 9.54. The van der Waals surface area contributed by atoms with Gasteiger partial charge < -0.3 is 8.98 Å². The summed E-state index contributed by atoms with van der Waals surface area (Å²) in [6, 6.07) is 48.8. The summed E-state index contributed by atoms with van der Waals surface area (Å²) < 4.78 is 8.85. The Hall–Kier alpha value is -5.86. The molecule has 46 heavy (non-hydrogen) atoms. The maximum Gasteiger partial charge on any atom is 0.137 e. The highest BCUT2D eigenvalue weighted by atomic mass is 16.3. The lowest BCUT2D eigenvalue weighted by atomic mass is 9.87. The molecule has 0 bridgehead atoms. The normalized spacial score (nSPS) is 12.8. The van der Waals surface area contributed by atoms with Crippen molar-refractivity contribution in [1.29, 1.82) is 0 Å². The summed E-state index contributed by atoms with van der Waals surface area (Å²) in [6.45, 7) is 6.12. The summed E-state index contributed by atoms with van der Waals surface area (Å²) in [6.07, 6.45) is 5.93. The quantitative estimate of drug-likeness (QED) is 0.195. The zero-order valence-corrected chi connectivity index (χ0v) is 25.6. The predicted molar refractivity (Wildman–Crippen MR) is 194 cm³/mol. The molecule has 0 fully saturated rings. The highest BCUT2D eigenvalue weighted by Gasteiger charge is 2.30. The molecule has 218 valence electrons. The highest BCUT2D eigenvalue weighted by molar-refractivity contribution is 6.14. The first-order chi connectivity index (χ1) is 22.7. The van der Waals surface area contributed by atoms with E-state index in [2.05, 4.69) is 145 Å². The van der Waals surface area contributed by atoms with Crippen molar-refractivity contribution in [1.82, 2.24) is 4.57 Å². The number of benzene rings is 6. The molecule has 6 aromatic carbocycles. The van der Waals surface area contributed by atoms with Crippen LogP contribution in [0, 0.1) is 0 Å². The molecule has 1 aliphatic carbocycles.